The lowest BCUT2D eigenvalue weighted by Crippen LogP contribution is -2.42. The van der Waals surface area contributed by atoms with E-state index in [1.54, 1.807) is 30.6 Å². The maximum Gasteiger partial charge on any atom is 0.329 e. The fraction of sp³-hybridized carbons (Fsp3) is 0.0690. The number of sulfonamides is 1. The second-order valence-corrected chi connectivity index (χ2v) is 11.0. The molecule has 0 bridgehead atoms. The Balaban J connectivity index is 1.53. The molecule has 3 aromatic carbocycles. The Morgan fingerprint density at radius 1 is 0.900 bits per heavy atom. The highest BCUT2D eigenvalue weighted by atomic mass is 35.5. The Kier molecular flexibility index (Phi) is 7.72. The number of carbonyl (C=O) groups is 1. The van der Waals surface area contributed by atoms with Crippen LogP contribution in [0.25, 0.3) is 21.9 Å². The van der Waals surface area contributed by atoms with Crippen LogP contribution in [0.2, 0.25) is 5.02 Å². The van der Waals surface area contributed by atoms with Gasteiger partial charge in [-0.05, 0) is 65.4 Å². The third-order valence-corrected chi connectivity index (χ3v) is 7.97. The molecule has 202 valence electrons. The number of pyridine rings is 2. The highest BCUT2D eigenvalue weighted by Crippen LogP contribution is 2.31. The van der Waals surface area contributed by atoms with Crippen LogP contribution >= 0.6 is 11.6 Å². The summed E-state index contributed by atoms with van der Waals surface area (Å²) in [5.74, 6) is -1.58. The van der Waals surface area contributed by atoms with Crippen molar-refractivity contribution in [1.29, 1.82) is 0 Å². The fourth-order valence-electron chi connectivity index (χ4n) is 4.40. The molecule has 0 fully saturated rings. The lowest BCUT2D eigenvalue weighted by atomic mass is 9.94. The number of nitrogens with one attached hydrogen (secondary N) is 2. The average molecular weight is 579 g/mol. The van der Waals surface area contributed by atoms with Gasteiger partial charge in [-0.15, -0.1) is 0 Å². The monoisotopic (exact) mass is 578 g/mol. The van der Waals surface area contributed by atoms with E-state index in [1.165, 1.54) is 24.4 Å². The zero-order valence-corrected chi connectivity index (χ0v) is 22.3. The van der Waals surface area contributed by atoms with Gasteiger partial charge in [-0.2, -0.15) is 0 Å². The molecule has 0 saturated carbocycles. The van der Waals surface area contributed by atoms with Crippen LogP contribution < -0.4 is 10.0 Å². The highest BCUT2D eigenvalue weighted by Gasteiger charge is 2.25. The Morgan fingerprint density at radius 3 is 2.45 bits per heavy atom. The number of carbonyl (C=O) groups excluding carboxylic acids is 1. The molecule has 40 heavy (non-hydrogen) atoms. The summed E-state index contributed by atoms with van der Waals surface area (Å²) >= 11 is 6.02. The Morgan fingerprint density at radius 2 is 1.68 bits per heavy atom. The van der Waals surface area contributed by atoms with Crippen LogP contribution in [0.4, 0.5) is 13.6 Å². The van der Waals surface area contributed by atoms with E-state index >= 15 is 0 Å². The van der Waals surface area contributed by atoms with E-state index in [0.29, 0.717) is 11.3 Å². The molecule has 2 aromatic heterocycles. The second-order valence-electron chi connectivity index (χ2n) is 8.92. The number of hydrogen-bond donors (Lipinski definition) is 2. The molecule has 0 aliphatic heterocycles. The SMILES string of the molecule is O=C(NC(Cc1cc(F)cc(F)c1)c1ncccc1-c1ccc2ccncc2c1)NS(=O)(=O)c1ccccc1Cl. The highest BCUT2D eigenvalue weighted by molar-refractivity contribution is 7.90. The van der Waals surface area contributed by atoms with Crippen LogP contribution in [0.5, 0.6) is 0 Å². The third-order valence-electron chi connectivity index (χ3n) is 6.14. The summed E-state index contributed by atoms with van der Waals surface area (Å²) in [6.45, 7) is 0. The number of urea groups is 1. The van der Waals surface area contributed by atoms with Crippen LogP contribution in [0.15, 0.2) is 102 Å². The Bertz CT molecular complexity index is 1820. The van der Waals surface area contributed by atoms with E-state index < -0.39 is 33.7 Å². The van der Waals surface area contributed by atoms with Gasteiger partial charge >= 0.3 is 6.03 Å². The molecule has 2 N–H and O–H groups in total. The number of nitrogens with zero attached hydrogens (tertiary/aromatic N) is 2. The summed E-state index contributed by atoms with van der Waals surface area (Å²) in [6.07, 6.45) is 4.83. The summed E-state index contributed by atoms with van der Waals surface area (Å²) in [5.41, 5.74) is 1.98. The van der Waals surface area contributed by atoms with Crippen LogP contribution in [-0.4, -0.2) is 24.4 Å². The molecule has 0 aliphatic rings. The van der Waals surface area contributed by atoms with E-state index in [0.717, 1.165) is 34.5 Å². The van der Waals surface area contributed by atoms with Crippen molar-refractivity contribution in [1.82, 2.24) is 20.0 Å². The number of hydrogen-bond acceptors (Lipinski definition) is 5. The van der Waals surface area contributed by atoms with E-state index in [9.17, 15) is 22.0 Å². The van der Waals surface area contributed by atoms with Gasteiger partial charge in [-0.3, -0.25) is 9.97 Å². The molecule has 7 nitrogen and oxygen atoms in total. The van der Waals surface area contributed by atoms with Crippen molar-refractivity contribution >= 4 is 38.4 Å². The normalized spacial score (nSPS) is 12.2. The predicted molar refractivity (Wildman–Crippen MR) is 148 cm³/mol. The van der Waals surface area contributed by atoms with Gasteiger partial charge in [0.15, 0.2) is 0 Å². The smallest absolute Gasteiger partial charge is 0.329 e. The third kappa shape index (κ3) is 6.08. The lowest BCUT2D eigenvalue weighted by molar-refractivity contribution is 0.242. The molecule has 0 aliphatic carbocycles. The Hall–Kier alpha value is -4.41. The number of amides is 2. The fourth-order valence-corrected chi connectivity index (χ4v) is 5.84. The molecular formula is C29H21ClF2N4O3S. The maximum absolute atomic E-state index is 14.0. The van der Waals surface area contributed by atoms with E-state index in [2.05, 4.69) is 15.3 Å². The molecule has 1 unspecified atom stereocenters. The molecule has 2 heterocycles. The van der Waals surface area contributed by atoms with Crippen molar-refractivity contribution in [2.24, 2.45) is 0 Å². The minimum atomic E-state index is -4.33. The summed E-state index contributed by atoms with van der Waals surface area (Å²) in [7, 11) is -4.33. The van der Waals surface area contributed by atoms with Gasteiger partial charge in [0.25, 0.3) is 10.0 Å². The van der Waals surface area contributed by atoms with Crippen LogP contribution in [0, 0.1) is 11.6 Å². The maximum atomic E-state index is 14.0. The van der Waals surface area contributed by atoms with Crippen molar-refractivity contribution in [3.05, 3.63) is 125 Å². The number of benzene rings is 3. The average Bonchev–Trinajstić information content (AvgIpc) is 2.92. The zero-order valence-electron chi connectivity index (χ0n) is 20.7. The molecule has 0 saturated heterocycles. The van der Waals surface area contributed by atoms with Gasteiger partial charge in [-0.25, -0.2) is 26.7 Å². The predicted octanol–water partition coefficient (Wildman–Crippen LogP) is 6.20. The lowest BCUT2D eigenvalue weighted by Gasteiger charge is -2.22. The minimum absolute atomic E-state index is 0.0626. The summed E-state index contributed by atoms with van der Waals surface area (Å²) < 4.78 is 55.8. The first-order chi connectivity index (χ1) is 19.2. The summed E-state index contributed by atoms with van der Waals surface area (Å²) in [4.78, 5) is 21.4. The first-order valence-electron chi connectivity index (χ1n) is 12.0. The minimum Gasteiger partial charge on any atom is -0.329 e. The molecular weight excluding hydrogens is 558 g/mol. The molecule has 11 heteroatoms. The number of halogens is 3. The van der Waals surface area contributed by atoms with E-state index in [-0.39, 0.29) is 21.9 Å². The molecule has 0 spiro atoms. The molecule has 0 radical (unpaired) electrons. The van der Waals surface area contributed by atoms with Gasteiger partial charge in [0.2, 0.25) is 0 Å². The molecule has 5 aromatic rings. The Labute approximate surface area is 233 Å². The quantitative estimate of drug-likeness (QED) is 0.239. The van der Waals surface area contributed by atoms with Crippen molar-refractivity contribution in [3.8, 4) is 11.1 Å². The summed E-state index contributed by atoms with van der Waals surface area (Å²) in [5, 5.41) is 4.40. The van der Waals surface area contributed by atoms with E-state index in [1.807, 2.05) is 29.0 Å². The largest absolute Gasteiger partial charge is 0.329 e. The first kappa shape index (κ1) is 27.2. The summed E-state index contributed by atoms with van der Waals surface area (Å²) in [6, 6.07) is 17.7. The van der Waals surface area contributed by atoms with Crippen molar-refractivity contribution < 1.29 is 22.0 Å². The van der Waals surface area contributed by atoms with Crippen LogP contribution in [-0.2, 0) is 16.4 Å². The standard InChI is InChI=1S/C29H21ClF2N4O3S/c30-25-5-1-2-6-27(25)40(38,39)36-29(37)35-26(14-18-12-22(31)16-23(32)13-18)28-24(4-3-10-34-28)20-8-7-19-9-11-33-17-21(19)15-20/h1-13,15-17,26H,14H2,(H2,35,36,37). The van der Waals surface area contributed by atoms with Crippen molar-refractivity contribution in [3.63, 3.8) is 0 Å². The molecule has 1 atom stereocenters. The number of rotatable bonds is 7. The van der Waals surface area contributed by atoms with E-state index in [4.69, 9.17) is 11.6 Å². The first-order valence-corrected chi connectivity index (χ1v) is 13.9. The van der Waals surface area contributed by atoms with Gasteiger partial charge in [0.05, 0.1) is 16.8 Å². The van der Waals surface area contributed by atoms with Crippen LogP contribution in [0.1, 0.15) is 17.3 Å². The number of aromatic nitrogens is 2. The van der Waals surface area contributed by atoms with Crippen LogP contribution in [0.3, 0.4) is 0 Å². The van der Waals surface area contributed by atoms with Crippen molar-refractivity contribution in [2.75, 3.05) is 0 Å². The van der Waals surface area contributed by atoms with Gasteiger partial charge < -0.3 is 5.32 Å². The zero-order chi connectivity index (χ0) is 28.3. The topological polar surface area (TPSA) is 101 Å². The van der Waals surface area contributed by atoms with Gasteiger partial charge in [0.1, 0.15) is 16.5 Å². The molecule has 5 rings (SSSR count). The molecule has 2 amide bonds. The second kappa shape index (κ2) is 11.4. The van der Waals surface area contributed by atoms with Gasteiger partial charge in [-0.1, -0.05) is 41.9 Å². The van der Waals surface area contributed by atoms with Gasteiger partial charge in [0, 0.05) is 35.6 Å². The van der Waals surface area contributed by atoms with Crippen molar-refractivity contribution in [2.45, 2.75) is 17.4 Å². The number of fused-ring (bicyclic) bond motifs is 1.